The first kappa shape index (κ1) is 12.7. The Kier molecular flexibility index (Phi) is 4.74. The summed E-state index contributed by atoms with van der Waals surface area (Å²) in [6.07, 6.45) is 2.51. The highest BCUT2D eigenvalue weighted by atomic mass is 32.1. The quantitative estimate of drug-likeness (QED) is 0.779. The molecule has 86 valence electrons. The largest absolute Gasteiger partial charge is 0.312 e. The summed E-state index contributed by atoms with van der Waals surface area (Å²) in [6, 6.07) is 0. The van der Waals surface area contributed by atoms with Crippen LogP contribution in [0.4, 0.5) is 0 Å². The molecular weight excluding hydrogens is 204 g/mol. The van der Waals surface area contributed by atoms with Crippen molar-refractivity contribution in [2.24, 2.45) is 0 Å². The third kappa shape index (κ3) is 3.92. The predicted molar refractivity (Wildman–Crippen MR) is 67.4 cm³/mol. The van der Waals surface area contributed by atoms with Gasteiger partial charge in [-0.15, -0.1) is 11.3 Å². The second kappa shape index (κ2) is 5.61. The Bertz CT molecular complexity index is 286. The van der Waals surface area contributed by atoms with Gasteiger partial charge >= 0.3 is 0 Å². The van der Waals surface area contributed by atoms with Crippen LogP contribution in [0.5, 0.6) is 0 Å². The second-order valence-electron chi connectivity index (χ2n) is 4.90. The lowest BCUT2D eigenvalue weighted by atomic mass is 9.91. The van der Waals surface area contributed by atoms with Crippen molar-refractivity contribution in [2.75, 3.05) is 6.54 Å². The predicted octanol–water partition coefficient (Wildman–Crippen LogP) is 3.33. The Morgan fingerprint density at radius 1 is 1.40 bits per heavy atom. The fourth-order valence-electron chi connectivity index (χ4n) is 1.51. The maximum absolute atomic E-state index is 4.46. The molecule has 15 heavy (non-hydrogen) atoms. The Balaban J connectivity index is 2.51. The van der Waals surface area contributed by atoms with Crippen molar-refractivity contribution in [3.8, 4) is 0 Å². The molecule has 2 nitrogen and oxygen atoms in total. The van der Waals surface area contributed by atoms with Gasteiger partial charge in [0.2, 0.25) is 0 Å². The standard InChI is InChI=1S/C12H22N2S/c1-5-6-7-13-8-10-11(12(2,3)4)14-9-15-10/h9,13H,5-8H2,1-4H3. The van der Waals surface area contributed by atoms with Crippen LogP contribution in [0.3, 0.4) is 0 Å². The van der Waals surface area contributed by atoms with E-state index in [1.807, 2.05) is 5.51 Å². The van der Waals surface area contributed by atoms with E-state index in [1.54, 1.807) is 11.3 Å². The molecule has 0 aliphatic rings. The van der Waals surface area contributed by atoms with Gasteiger partial charge in [-0.3, -0.25) is 0 Å². The summed E-state index contributed by atoms with van der Waals surface area (Å²) in [5, 5.41) is 3.47. The third-order valence-corrected chi connectivity index (χ3v) is 3.18. The average Bonchev–Trinajstić information content (AvgIpc) is 2.59. The molecule has 0 saturated heterocycles. The van der Waals surface area contributed by atoms with Crippen molar-refractivity contribution in [1.29, 1.82) is 0 Å². The first-order chi connectivity index (χ1) is 7.05. The van der Waals surface area contributed by atoms with Crippen molar-refractivity contribution >= 4 is 11.3 Å². The summed E-state index contributed by atoms with van der Waals surface area (Å²) >= 11 is 1.76. The monoisotopic (exact) mass is 226 g/mol. The number of unbranched alkanes of at least 4 members (excludes halogenated alkanes) is 1. The highest BCUT2D eigenvalue weighted by Crippen LogP contribution is 2.26. The van der Waals surface area contributed by atoms with Crippen molar-refractivity contribution in [1.82, 2.24) is 10.3 Å². The Morgan fingerprint density at radius 2 is 2.13 bits per heavy atom. The van der Waals surface area contributed by atoms with Crippen molar-refractivity contribution in [3.05, 3.63) is 16.1 Å². The molecule has 0 aromatic carbocycles. The lowest BCUT2D eigenvalue weighted by molar-refractivity contribution is 0.557. The molecule has 0 fully saturated rings. The SMILES string of the molecule is CCCCNCc1scnc1C(C)(C)C. The lowest BCUT2D eigenvalue weighted by Gasteiger charge is -2.17. The summed E-state index contributed by atoms with van der Waals surface area (Å²) in [5.41, 5.74) is 3.37. The van der Waals surface area contributed by atoms with Gasteiger partial charge in [0.15, 0.2) is 0 Å². The maximum atomic E-state index is 4.46. The van der Waals surface area contributed by atoms with E-state index in [2.05, 4.69) is 38.0 Å². The summed E-state index contributed by atoms with van der Waals surface area (Å²) in [7, 11) is 0. The summed E-state index contributed by atoms with van der Waals surface area (Å²) in [4.78, 5) is 5.85. The Labute approximate surface area is 97.1 Å². The van der Waals surface area contributed by atoms with E-state index < -0.39 is 0 Å². The smallest absolute Gasteiger partial charge is 0.0798 e. The van der Waals surface area contributed by atoms with Gasteiger partial charge in [0.05, 0.1) is 11.2 Å². The van der Waals surface area contributed by atoms with Gasteiger partial charge in [0.25, 0.3) is 0 Å². The second-order valence-corrected chi connectivity index (χ2v) is 5.84. The molecule has 3 heteroatoms. The van der Waals surface area contributed by atoms with Gasteiger partial charge in [-0.1, -0.05) is 34.1 Å². The molecule has 1 N–H and O–H groups in total. The minimum atomic E-state index is 0.168. The van der Waals surface area contributed by atoms with Crippen molar-refractivity contribution < 1.29 is 0 Å². The van der Waals surface area contributed by atoms with Crippen LogP contribution in [0, 0.1) is 0 Å². The lowest BCUT2D eigenvalue weighted by Crippen LogP contribution is -2.19. The molecule has 1 rings (SSSR count). The number of hydrogen-bond acceptors (Lipinski definition) is 3. The molecule has 1 aromatic rings. The van der Waals surface area contributed by atoms with E-state index in [1.165, 1.54) is 23.4 Å². The first-order valence-electron chi connectivity index (χ1n) is 5.69. The molecule has 0 bridgehead atoms. The number of thiazole rings is 1. The van der Waals surface area contributed by atoms with E-state index in [-0.39, 0.29) is 5.41 Å². The van der Waals surface area contributed by atoms with Gasteiger partial charge in [-0.05, 0) is 13.0 Å². The molecular formula is C12H22N2S. The van der Waals surface area contributed by atoms with Crippen molar-refractivity contribution in [2.45, 2.75) is 52.5 Å². The molecule has 0 amide bonds. The summed E-state index contributed by atoms with van der Waals surface area (Å²) in [5.74, 6) is 0. The molecule has 1 heterocycles. The highest BCUT2D eigenvalue weighted by molar-refractivity contribution is 7.09. The fraction of sp³-hybridized carbons (Fsp3) is 0.750. The molecule has 0 unspecified atom stereocenters. The van der Waals surface area contributed by atoms with Crippen LogP contribution in [-0.2, 0) is 12.0 Å². The van der Waals surface area contributed by atoms with Crippen LogP contribution in [0.1, 0.15) is 51.1 Å². The topological polar surface area (TPSA) is 24.9 Å². The molecule has 1 aromatic heterocycles. The van der Waals surface area contributed by atoms with E-state index >= 15 is 0 Å². The number of rotatable bonds is 5. The normalized spacial score (nSPS) is 12.0. The average molecular weight is 226 g/mol. The maximum Gasteiger partial charge on any atom is 0.0798 e. The molecule has 0 radical (unpaired) electrons. The van der Waals surface area contributed by atoms with E-state index in [0.717, 1.165) is 13.1 Å². The Hall–Kier alpha value is -0.410. The van der Waals surface area contributed by atoms with Crippen molar-refractivity contribution in [3.63, 3.8) is 0 Å². The van der Waals surface area contributed by atoms with Crippen LogP contribution in [0.2, 0.25) is 0 Å². The number of hydrogen-bond donors (Lipinski definition) is 1. The first-order valence-corrected chi connectivity index (χ1v) is 6.57. The van der Waals surface area contributed by atoms with E-state index in [0.29, 0.717) is 0 Å². The summed E-state index contributed by atoms with van der Waals surface area (Å²) < 4.78 is 0. The third-order valence-electron chi connectivity index (χ3n) is 2.34. The van der Waals surface area contributed by atoms with Gasteiger partial charge in [-0.2, -0.15) is 0 Å². The fourth-order valence-corrected chi connectivity index (χ4v) is 2.45. The Morgan fingerprint density at radius 3 is 2.73 bits per heavy atom. The van der Waals surface area contributed by atoms with Crippen LogP contribution < -0.4 is 5.32 Å². The van der Waals surface area contributed by atoms with Gasteiger partial charge in [0.1, 0.15) is 0 Å². The number of nitrogens with one attached hydrogen (secondary N) is 1. The van der Waals surface area contributed by atoms with E-state index in [9.17, 15) is 0 Å². The number of aromatic nitrogens is 1. The minimum absolute atomic E-state index is 0.168. The minimum Gasteiger partial charge on any atom is -0.312 e. The zero-order valence-corrected chi connectivity index (χ0v) is 11.1. The molecule has 0 atom stereocenters. The zero-order valence-electron chi connectivity index (χ0n) is 10.3. The summed E-state index contributed by atoms with van der Waals surface area (Å²) in [6.45, 7) is 11.0. The van der Waals surface area contributed by atoms with Crippen LogP contribution >= 0.6 is 11.3 Å². The molecule has 0 spiro atoms. The molecule has 0 aliphatic carbocycles. The van der Waals surface area contributed by atoms with E-state index in [4.69, 9.17) is 0 Å². The molecule has 0 saturated carbocycles. The zero-order chi connectivity index (χ0) is 11.3. The molecule has 0 aliphatic heterocycles. The van der Waals surface area contributed by atoms with Crippen LogP contribution in [0.15, 0.2) is 5.51 Å². The number of nitrogens with zero attached hydrogens (tertiary/aromatic N) is 1. The van der Waals surface area contributed by atoms with Gasteiger partial charge < -0.3 is 5.32 Å². The van der Waals surface area contributed by atoms with Crippen LogP contribution in [-0.4, -0.2) is 11.5 Å². The van der Waals surface area contributed by atoms with Crippen LogP contribution in [0.25, 0.3) is 0 Å². The van der Waals surface area contributed by atoms with Gasteiger partial charge in [0, 0.05) is 16.8 Å². The van der Waals surface area contributed by atoms with Gasteiger partial charge in [-0.25, -0.2) is 4.98 Å². The highest BCUT2D eigenvalue weighted by Gasteiger charge is 2.20.